The van der Waals surface area contributed by atoms with Crippen LogP contribution in [0.3, 0.4) is 0 Å². The van der Waals surface area contributed by atoms with Crippen molar-refractivity contribution in [3.05, 3.63) is 0 Å². The first-order valence-electron chi connectivity index (χ1n) is 5.40. The summed E-state index contributed by atoms with van der Waals surface area (Å²) in [5.74, 6) is -4.25. The lowest BCUT2D eigenvalue weighted by atomic mass is 10.3. The number of sulfonamides is 1. The van der Waals surface area contributed by atoms with Gasteiger partial charge < -0.3 is 10.4 Å². The quantitative estimate of drug-likeness (QED) is 0.675. The third kappa shape index (κ3) is 6.70. The molecule has 1 amide bonds. The van der Waals surface area contributed by atoms with E-state index in [2.05, 4.69) is 5.32 Å². The number of alkyl halides is 3. The van der Waals surface area contributed by atoms with Gasteiger partial charge in [0.2, 0.25) is 15.9 Å². The van der Waals surface area contributed by atoms with Crippen molar-refractivity contribution in [2.45, 2.75) is 26.1 Å². The van der Waals surface area contributed by atoms with Gasteiger partial charge in [0.1, 0.15) is 6.04 Å². The van der Waals surface area contributed by atoms with E-state index in [-0.39, 0.29) is 10.8 Å². The Hall–Kier alpha value is -1.36. The van der Waals surface area contributed by atoms with Gasteiger partial charge in [-0.2, -0.15) is 17.5 Å². The first-order chi connectivity index (χ1) is 8.87. The summed E-state index contributed by atoms with van der Waals surface area (Å²) in [5.41, 5.74) is 0. The lowest BCUT2D eigenvalue weighted by molar-refractivity contribution is -0.141. The molecule has 1 unspecified atom stereocenters. The van der Waals surface area contributed by atoms with Crippen molar-refractivity contribution in [3.8, 4) is 0 Å². The van der Waals surface area contributed by atoms with Crippen molar-refractivity contribution in [2.24, 2.45) is 0 Å². The molecule has 0 bridgehead atoms. The van der Waals surface area contributed by atoms with Gasteiger partial charge in [-0.1, -0.05) is 0 Å². The summed E-state index contributed by atoms with van der Waals surface area (Å²) in [6.45, 7) is 1.23. The first kappa shape index (κ1) is 18.6. The zero-order valence-corrected chi connectivity index (χ0v) is 11.6. The van der Waals surface area contributed by atoms with Crippen LogP contribution < -0.4 is 5.32 Å². The van der Waals surface area contributed by atoms with Gasteiger partial charge in [-0.3, -0.25) is 9.59 Å². The maximum atomic E-state index is 12.2. The topological polar surface area (TPSA) is 104 Å². The number of halogens is 3. The Kier molecular flexibility index (Phi) is 6.41. The molecule has 0 spiro atoms. The monoisotopic (exact) mass is 320 g/mol. The fourth-order valence-electron chi connectivity index (χ4n) is 1.33. The third-order valence-corrected chi connectivity index (χ3v) is 4.10. The molecule has 20 heavy (non-hydrogen) atoms. The Morgan fingerprint density at radius 3 is 2.20 bits per heavy atom. The molecule has 0 saturated heterocycles. The molecular weight excluding hydrogens is 305 g/mol. The van der Waals surface area contributed by atoms with Crippen molar-refractivity contribution in [3.63, 3.8) is 0 Å². The molecule has 2 N–H and O–H groups in total. The van der Waals surface area contributed by atoms with Gasteiger partial charge in [0.15, 0.2) is 5.75 Å². The molecule has 0 rings (SSSR count). The molecule has 0 aliphatic carbocycles. The molecule has 0 aromatic rings. The Morgan fingerprint density at radius 2 is 1.85 bits per heavy atom. The lowest BCUT2D eigenvalue weighted by Crippen LogP contribution is -2.49. The highest BCUT2D eigenvalue weighted by atomic mass is 32.2. The zero-order valence-electron chi connectivity index (χ0n) is 10.8. The van der Waals surface area contributed by atoms with Crippen molar-refractivity contribution in [1.29, 1.82) is 0 Å². The van der Waals surface area contributed by atoms with Crippen LogP contribution in [0.15, 0.2) is 0 Å². The van der Waals surface area contributed by atoms with E-state index in [0.717, 1.165) is 13.8 Å². The van der Waals surface area contributed by atoms with E-state index in [1.165, 1.54) is 0 Å². The maximum Gasteiger partial charge on any atom is 0.404 e. The molecule has 1 atom stereocenters. The fourth-order valence-corrected chi connectivity index (χ4v) is 2.85. The van der Waals surface area contributed by atoms with Gasteiger partial charge in [0.05, 0.1) is 0 Å². The average Bonchev–Trinajstić information content (AvgIpc) is 2.19. The molecule has 0 aromatic carbocycles. The number of carboxylic acid groups (broad SMARTS) is 1. The summed E-state index contributed by atoms with van der Waals surface area (Å²) in [7, 11) is -4.85. The average molecular weight is 320 g/mol. The number of hydrogen-bond donors (Lipinski definition) is 2. The highest BCUT2D eigenvalue weighted by molar-refractivity contribution is 7.89. The number of nitrogens with zero attached hydrogens (tertiary/aromatic N) is 1. The number of hydrogen-bond acceptors (Lipinski definition) is 4. The summed E-state index contributed by atoms with van der Waals surface area (Å²) in [5, 5.41) is 10.9. The molecule has 118 valence electrons. The summed E-state index contributed by atoms with van der Waals surface area (Å²) >= 11 is 0. The Bertz CT molecular complexity index is 463. The SMILES string of the molecule is CC(=O)NCCN(C(C)C(=O)O)S(=O)(=O)CC(F)(F)F. The second kappa shape index (κ2) is 6.88. The van der Waals surface area contributed by atoms with Crippen LogP contribution in [0.2, 0.25) is 0 Å². The van der Waals surface area contributed by atoms with Gasteiger partial charge in [0.25, 0.3) is 0 Å². The zero-order chi connectivity index (χ0) is 16.1. The molecular formula is C9H15F3N2O5S. The molecule has 0 fully saturated rings. The van der Waals surface area contributed by atoms with Crippen molar-refractivity contribution in [2.75, 3.05) is 18.8 Å². The predicted molar refractivity (Wildman–Crippen MR) is 62.3 cm³/mol. The molecule has 0 heterocycles. The minimum atomic E-state index is -4.98. The number of carboxylic acids is 1. The van der Waals surface area contributed by atoms with Crippen LogP contribution in [-0.4, -0.2) is 60.8 Å². The highest BCUT2D eigenvalue weighted by Gasteiger charge is 2.41. The van der Waals surface area contributed by atoms with Crippen LogP contribution in [0.1, 0.15) is 13.8 Å². The summed E-state index contributed by atoms with van der Waals surface area (Å²) in [6, 6.07) is -1.67. The van der Waals surface area contributed by atoms with Crippen LogP contribution in [-0.2, 0) is 19.6 Å². The minimum absolute atomic E-state index is 0.207. The normalized spacial score (nSPS) is 14.1. The second-order valence-corrected chi connectivity index (χ2v) is 5.90. The molecule has 0 aromatic heterocycles. The molecule has 11 heteroatoms. The Morgan fingerprint density at radius 1 is 1.35 bits per heavy atom. The number of aliphatic carboxylic acids is 1. The van der Waals surface area contributed by atoms with E-state index in [1.54, 1.807) is 0 Å². The van der Waals surface area contributed by atoms with Gasteiger partial charge in [-0.15, -0.1) is 0 Å². The first-order valence-corrected chi connectivity index (χ1v) is 7.01. The standard InChI is InChI=1S/C9H15F3N2O5S/c1-6(8(16)17)14(4-3-13-7(2)15)20(18,19)5-9(10,11)12/h6H,3-5H2,1-2H3,(H,13,15)(H,16,17). The van der Waals surface area contributed by atoms with E-state index in [9.17, 15) is 31.2 Å². The summed E-state index contributed by atoms with van der Waals surface area (Å²) in [4.78, 5) is 21.4. The second-order valence-electron chi connectivity index (χ2n) is 3.98. The van der Waals surface area contributed by atoms with Crippen LogP contribution in [0.5, 0.6) is 0 Å². The van der Waals surface area contributed by atoms with Crippen LogP contribution in [0, 0.1) is 0 Å². The number of amides is 1. The number of nitrogens with one attached hydrogen (secondary N) is 1. The van der Waals surface area contributed by atoms with E-state index in [1.807, 2.05) is 0 Å². The fraction of sp³-hybridized carbons (Fsp3) is 0.778. The maximum absolute atomic E-state index is 12.2. The molecule has 0 saturated carbocycles. The van der Waals surface area contributed by atoms with Gasteiger partial charge >= 0.3 is 12.1 Å². The van der Waals surface area contributed by atoms with E-state index in [4.69, 9.17) is 5.11 Å². The Balaban J connectivity index is 5.10. The van der Waals surface area contributed by atoms with Gasteiger partial charge in [0, 0.05) is 20.0 Å². The summed E-state index contributed by atoms with van der Waals surface area (Å²) < 4.78 is 60.0. The largest absolute Gasteiger partial charge is 0.480 e. The third-order valence-electron chi connectivity index (χ3n) is 2.20. The highest BCUT2D eigenvalue weighted by Crippen LogP contribution is 2.20. The van der Waals surface area contributed by atoms with Crippen molar-refractivity contribution < 1.29 is 36.3 Å². The molecule has 0 aliphatic heterocycles. The number of carbonyl (C=O) groups is 2. The predicted octanol–water partition coefficient (Wildman–Crippen LogP) is -0.210. The van der Waals surface area contributed by atoms with Crippen LogP contribution in [0.25, 0.3) is 0 Å². The molecule has 7 nitrogen and oxygen atoms in total. The smallest absolute Gasteiger partial charge is 0.404 e. The summed E-state index contributed by atoms with van der Waals surface area (Å²) in [6.07, 6.45) is -4.98. The van der Waals surface area contributed by atoms with E-state index >= 15 is 0 Å². The number of rotatable bonds is 7. The van der Waals surface area contributed by atoms with Gasteiger partial charge in [-0.05, 0) is 6.92 Å². The van der Waals surface area contributed by atoms with Crippen LogP contribution in [0.4, 0.5) is 13.2 Å². The van der Waals surface area contributed by atoms with E-state index < -0.39 is 46.4 Å². The van der Waals surface area contributed by atoms with E-state index in [0.29, 0.717) is 0 Å². The molecule has 0 aliphatic rings. The lowest BCUT2D eigenvalue weighted by Gasteiger charge is -2.26. The van der Waals surface area contributed by atoms with Crippen LogP contribution >= 0.6 is 0 Å². The van der Waals surface area contributed by atoms with Crippen molar-refractivity contribution >= 4 is 21.9 Å². The number of carbonyl (C=O) groups excluding carboxylic acids is 1. The Labute approximate surface area is 113 Å². The molecule has 0 radical (unpaired) electrons. The minimum Gasteiger partial charge on any atom is -0.480 e. The van der Waals surface area contributed by atoms with Gasteiger partial charge in [-0.25, -0.2) is 8.42 Å². The van der Waals surface area contributed by atoms with Crippen molar-refractivity contribution in [1.82, 2.24) is 9.62 Å².